The van der Waals surface area contributed by atoms with Gasteiger partial charge in [-0.2, -0.15) is 0 Å². The Hall–Kier alpha value is -1.86. The van der Waals surface area contributed by atoms with Gasteiger partial charge in [0.2, 0.25) is 17.7 Å². The molecular weight excluding hydrogens is 328 g/mol. The van der Waals surface area contributed by atoms with Crippen molar-refractivity contribution in [3.05, 3.63) is 35.9 Å². The Morgan fingerprint density at radius 1 is 1.12 bits per heavy atom. The van der Waals surface area contributed by atoms with E-state index in [9.17, 15) is 14.4 Å². The monoisotopic (exact) mass is 350 g/mol. The van der Waals surface area contributed by atoms with E-state index in [2.05, 4.69) is 5.32 Å². The number of likely N-dealkylation sites (tertiary alicyclic amines) is 1. The lowest BCUT2D eigenvalue weighted by atomic mass is 10.2. The van der Waals surface area contributed by atoms with Gasteiger partial charge >= 0.3 is 0 Å². The van der Waals surface area contributed by atoms with Crippen LogP contribution in [0.2, 0.25) is 0 Å². The minimum absolute atomic E-state index is 0.0237. The van der Waals surface area contributed by atoms with E-state index >= 15 is 0 Å². The molecule has 1 fully saturated rings. The molecule has 1 aliphatic heterocycles. The van der Waals surface area contributed by atoms with E-state index in [-0.39, 0.29) is 17.7 Å². The number of carbonyl (C=O) groups excluding carboxylic acids is 3. The molecule has 1 aromatic rings. The molecule has 2 rings (SSSR count). The van der Waals surface area contributed by atoms with E-state index in [4.69, 9.17) is 4.74 Å². The Morgan fingerprint density at radius 3 is 2.54 bits per heavy atom. The van der Waals surface area contributed by atoms with Gasteiger partial charge in [0.15, 0.2) is 0 Å². The highest BCUT2D eigenvalue weighted by atomic mass is 32.2. The average Bonchev–Trinajstić information content (AvgIpc) is 2.90. The first-order valence-corrected chi connectivity index (χ1v) is 9.11. The standard InChI is InChI=1S/C17H22N2O4S/c20-15(13-24-12-14-4-2-1-3-5-14)18-8-10-23-11-9-19-16(21)6-7-17(19)22/h1-5H,6-13H2,(H,18,20). The number of nitrogens with one attached hydrogen (secondary N) is 1. The van der Waals surface area contributed by atoms with Crippen molar-refractivity contribution in [2.45, 2.75) is 18.6 Å². The van der Waals surface area contributed by atoms with Crippen LogP contribution >= 0.6 is 11.8 Å². The van der Waals surface area contributed by atoms with Crippen molar-refractivity contribution in [1.29, 1.82) is 0 Å². The third-order valence-corrected chi connectivity index (χ3v) is 4.53. The Kier molecular flexibility index (Phi) is 7.77. The first-order valence-electron chi connectivity index (χ1n) is 7.96. The quantitative estimate of drug-likeness (QED) is 0.507. The van der Waals surface area contributed by atoms with Gasteiger partial charge in [-0.3, -0.25) is 19.3 Å². The summed E-state index contributed by atoms with van der Waals surface area (Å²) in [5.74, 6) is 0.929. The minimum atomic E-state index is -0.132. The molecule has 1 N–H and O–H groups in total. The maximum absolute atomic E-state index is 11.7. The number of ether oxygens (including phenoxy) is 1. The topological polar surface area (TPSA) is 75.7 Å². The van der Waals surface area contributed by atoms with Crippen molar-refractivity contribution in [2.75, 3.05) is 32.1 Å². The fraction of sp³-hybridized carbons (Fsp3) is 0.471. The second-order valence-electron chi connectivity index (χ2n) is 5.38. The van der Waals surface area contributed by atoms with Crippen LogP contribution in [0.25, 0.3) is 0 Å². The molecule has 0 aliphatic carbocycles. The number of rotatable bonds is 10. The molecule has 0 radical (unpaired) electrons. The molecule has 0 aromatic heterocycles. The van der Waals surface area contributed by atoms with Crippen molar-refractivity contribution in [1.82, 2.24) is 10.2 Å². The summed E-state index contributed by atoms with van der Waals surface area (Å²) in [7, 11) is 0. The van der Waals surface area contributed by atoms with E-state index in [1.807, 2.05) is 30.3 Å². The molecule has 1 saturated heterocycles. The zero-order valence-corrected chi connectivity index (χ0v) is 14.3. The fourth-order valence-electron chi connectivity index (χ4n) is 2.28. The number of benzene rings is 1. The largest absolute Gasteiger partial charge is 0.378 e. The van der Waals surface area contributed by atoms with Gasteiger partial charge in [-0.15, -0.1) is 11.8 Å². The predicted molar refractivity (Wildman–Crippen MR) is 92.4 cm³/mol. The van der Waals surface area contributed by atoms with Crippen LogP contribution in [0.4, 0.5) is 0 Å². The molecule has 0 unspecified atom stereocenters. The van der Waals surface area contributed by atoms with Crippen molar-refractivity contribution in [2.24, 2.45) is 0 Å². The Morgan fingerprint density at radius 2 is 1.83 bits per heavy atom. The van der Waals surface area contributed by atoms with E-state index in [1.165, 1.54) is 10.5 Å². The highest BCUT2D eigenvalue weighted by Gasteiger charge is 2.28. The van der Waals surface area contributed by atoms with Crippen molar-refractivity contribution in [3.8, 4) is 0 Å². The first-order chi connectivity index (χ1) is 11.7. The summed E-state index contributed by atoms with van der Waals surface area (Å²) in [6.45, 7) is 1.38. The van der Waals surface area contributed by atoms with Crippen molar-refractivity contribution >= 4 is 29.5 Å². The molecule has 0 bridgehead atoms. The van der Waals surface area contributed by atoms with Gasteiger partial charge < -0.3 is 10.1 Å². The first kappa shape index (κ1) is 18.5. The highest BCUT2D eigenvalue weighted by molar-refractivity contribution is 7.99. The van der Waals surface area contributed by atoms with Gasteiger partial charge in [-0.25, -0.2) is 0 Å². The number of nitrogens with zero attached hydrogens (tertiary/aromatic N) is 1. The number of hydrogen-bond acceptors (Lipinski definition) is 5. The fourth-order valence-corrected chi connectivity index (χ4v) is 3.10. The van der Waals surface area contributed by atoms with Crippen LogP contribution in [0.15, 0.2) is 30.3 Å². The van der Waals surface area contributed by atoms with E-state index in [0.29, 0.717) is 44.9 Å². The lowest BCUT2D eigenvalue weighted by Gasteiger charge is -2.13. The summed E-state index contributed by atoms with van der Waals surface area (Å²) in [6, 6.07) is 10.0. The van der Waals surface area contributed by atoms with Gasteiger partial charge in [-0.1, -0.05) is 30.3 Å². The number of hydrogen-bond donors (Lipinski definition) is 1. The maximum atomic E-state index is 11.7. The Labute approximate surface area is 145 Å². The third kappa shape index (κ3) is 6.33. The molecule has 7 heteroatoms. The summed E-state index contributed by atoms with van der Waals surface area (Å²) >= 11 is 1.57. The van der Waals surface area contributed by atoms with E-state index in [0.717, 1.165) is 5.75 Å². The lowest BCUT2D eigenvalue weighted by Crippen LogP contribution is -2.33. The van der Waals surface area contributed by atoms with Crippen LogP contribution in [0, 0.1) is 0 Å². The van der Waals surface area contributed by atoms with Crippen LogP contribution in [0.5, 0.6) is 0 Å². The van der Waals surface area contributed by atoms with Crippen LogP contribution in [-0.4, -0.2) is 54.7 Å². The summed E-state index contributed by atoms with van der Waals surface area (Å²) in [5, 5.41) is 2.78. The summed E-state index contributed by atoms with van der Waals surface area (Å²) in [4.78, 5) is 35.7. The summed E-state index contributed by atoms with van der Waals surface area (Å²) < 4.78 is 5.35. The summed E-state index contributed by atoms with van der Waals surface area (Å²) in [6.07, 6.45) is 0.602. The predicted octanol–water partition coefficient (Wildman–Crippen LogP) is 1.20. The molecule has 0 spiro atoms. The van der Waals surface area contributed by atoms with Crippen LogP contribution in [0.1, 0.15) is 18.4 Å². The molecule has 130 valence electrons. The molecule has 24 heavy (non-hydrogen) atoms. The smallest absolute Gasteiger partial charge is 0.230 e. The van der Waals surface area contributed by atoms with Crippen molar-refractivity contribution in [3.63, 3.8) is 0 Å². The molecule has 6 nitrogen and oxygen atoms in total. The van der Waals surface area contributed by atoms with Gasteiger partial charge in [0.05, 0.1) is 25.5 Å². The SMILES string of the molecule is O=C(CSCc1ccccc1)NCCOCCN1C(=O)CCC1=O. The van der Waals surface area contributed by atoms with Gasteiger partial charge in [0, 0.05) is 25.1 Å². The molecule has 0 atom stereocenters. The lowest BCUT2D eigenvalue weighted by molar-refractivity contribution is -0.139. The van der Waals surface area contributed by atoms with Gasteiger partial charge in [0.25, 0.3) is 0 Å². The molecule has 1 aromatic carbocycles. The van der Waals surface area contributed by atoms with Gasteiger partial charge in [-0.05, 0) is 5.56 Å². The van der Waals surface area contributed by atoms with Crippen molar-refractivity contribution < 1.29 is 19.1 Å². The second kappa shape index (κ2) is 10.1. The Bertz CT molecular complexity index is 549. The Balaban J connectivity index is 1.46. The molecular formula is C17H22N2O4S. The minimum Gasteiger partial charge on any atom is -0.378 e. The zero-order chi connectivity index (χ0) is 17.2. The normalized spacial score (nSPS) is 14.2. The molecule has 3 amide bonds. The molecule has 1 heterocycles. The number of carbonyl (C=O) groups is 3. The molecule has 0 saturated carbocycles. The molecule has 1 aliphatic rings. The van der Waals surface area contributed by atoms with Crippen LogP contribution < -0.4 is 5.32 Å². The van der Waals surface area contributed by atoms with Crippen LogP contribution in [0.3, 0.4) is 0 Å². The average molecular weight is 350 g/mol. The van der Waals surface area contributed by atoms with E-state index in [1.54, 1.807) is 11.8 Å². The number of amides is 3. The number of thioether (sulfide) groups is 1. The van der Waals surface area contributed by atoms with Crippen LogP contribution in [-0.2, 0) is 24.9 Å². The van der Waals surface area contributed by atoms with Gasteiger partial charge in [0.1, 0.15) is 0 Å². The maximum Gasteiger partial charge on any atom is 0.230 e. The zero-order valence-electron chi connectivity index (χ0n) is 13.5. The second-order valence-corrected chi connectivity index (χ2v) is 6.37. The number of imide groups is 1. The summed E-state index contributed by atoms with van der Waals surface area (Å²) in [5.41, 5.74) is 1.20. The highest BCUT2D eigenvalue weighted by Crippen LogP contribution is 2.11. The third-order valence-electron chi connectivity index (χ3n) is 3.53. The van der Waals surface area contributed by atoms with E-state index < -0.39 is 0 Å².